The van der Waals surface area contributed by atoms with Crippen molar-refractivity contribution in [1.29, 1.82) is 0 Å². The van der Waals surface area contributed by atoms with Crippen LogP contribution in [0.3, 0.4) is 0 Å². The van der Waals surface area contributed by atoms with Crippen LogP contribution < -0.4 is 15.2 Å². The minimum atomic E-state index is -0.0460. The van der Waals surface area contributed by atoms with Crippen molar-refractivity contribution in [3.63, 3.8) is 0 Å². The molecule has 0 fully saturated rings. The van der Waals surface area contributed by atoms with E-state index < -0.39 is 0 Å². The Bertz CT molecular complexity index is 601. The summed E-state index contributed by atoms with van der Waals surface area (Å²) in [5, 5.41) is 0. The van der Waals surface area contributed by atoms with Gasteiger partial charge in [0.1, 0.15) is 0 Å². The lowest BCUT2D eigenvalue weighted by molar-refractivity contribution is 0.354. The summed E-state index contributed by atoms with van der Waals surface area (Å²) in [7, 11) is 3.26. The van der Waals surface area contributed by atoms with Crippen molar-refractivity contribution < 1.29 is 9.47 Å². The molecule has 0 aliphatic rings. The molecule has 2 aromatic rings. The van der Waals surface area contributed by atoms with Crippen LogP contribution in [0.1, 0.15) is 17.2 Å². The second-order valence-corrected chi connectivity index (χ2v) is 5.94. The fourth-order valence-corrected chi connectivity index (χ4v) is 3.08. The van der Waals surface area contributed by atoms with Crippen molar-refractivity contribution in [3.05, 3.63) is 53.6 Å². The number of thioether (sulfide) groups is 1. The van der Waals surface area contributed by atoms with Gasteiger partial charge in [-0.2, -0.15) is 0 Å². The summed E-state index contributed by atoms with van der Waals surface area (Å²) < 4.78 is 10.6. The Balaban J connectivity index is 2.04. The first kappa shape index (κ1) is 15.7. The highest BCUT2D eigenvalue weighted by Crippen LogP contribution is 2.31. The molecule has 0 amide bonds. The Kier molecular flexibility index (Phi) is 5.53. The maximum absolute atomic E-state index is 6.28. The number of benzene rings is 2. The van der Waals surface area contributed by atoms with Gasteiger partial charge in [-0.05, 0) is 36.8 Å². The fraction of sp³-hybridized carbons (Fsp3) is 0.294. The molecule has 3 nitrogen and oxygen atoms in total. The summed E-state index contributed by atoms with van der Waals surface area (Å²) in [6, 6.07) is 14.2. The highest BCUT2D eigenvalue weighted by Gasteiger charge is 2.11. The summed E-state index contributed by atoms with van der Waals surface area (Å²) in [6.07, 6.45) is 0. The maximum Gasteiger partial charge on any atom is 0.161 e. The van der Waals surface area contributed by atoms with Crippen LogP contribution in [0.15, 0.2) is 47.4 Å². The maximum atomic E-state index is 6.28. The van der Waals surface area contributed by atoms with Gasteiger partial charge in [0.25, 0.3) is 0 Å². The lowest BCUT2D eigenvalue weighted by Gasteiger charge is -2.15. The summed E-state index contributed by atoms with van der Waals surface area (Å²) in [5.74, 6) is 2.25. The number of rotatable bonds is 6. The zero-order valence-corrected chi connectivity index (χ0v) is 13.4. The third-order valence-corrected chi connectivity index (χ3v) is 4.37. The molecule has 0 radical (unpaired) electrons. The first-order chi connectivity index (χ1) is 10.1. The Morgan fingerprint density at radius 3 is 2.48 bits per heavy atom. The molecule has 2 rings (SSSR count). The highest BCUT2D eigenvalue weighted by atomic mass is 32.2. The first-order valence-electron chi connectivity index (χ1n) is 6.81. The van der Waals surface area contributed by atoms with E-state index in [2.05, 4.69) is 31.2 Å². The lowest BCUT2D eigenvalue weighted by atomic mass is 10.1. The van der Waals surface area contributed by atoms with Crippen LogP contribution in [0.5, 0.6) is 11.5 Å². The van der Waals surface area contributed by atoms with E-state index in [1.165, 1.54) is 10.5 Å². The predicted molar refractivity (Wildman–Crippen MR) is 88.4 cm³/mol. The smallest absolute Gasteiger partial charge is 0.161 e. The van der Waals surface area contributed by atoms with E-state index >= 15 is 0 Å². The molecule has 0 saturated heterocycles. The standard InChI is InChI=1S/C17H21NO2S/c1-12-5-4-6-14(9-12)21-11-15(18)13-7-8-16(19-2)17(10-13)20-3/h4-10,15H,11,18H2,1-3H3. The van der Waals surface area contributed by atoms with E-state index in [1.807, 2.05) is 18.2 Å². The summed E-state index contributed by atoms with van der Waals surface area (Å²) in [6.45, 7) is 2.10. The topological polar surface area (TPSA) is 44.5 Å². The van der Waals surface area contributed by atoms with Crippen LogP contribution in [-0.2, 0) is 0 Å². The minimum Gasteiger partial charge on any atom is -0.493 e. The molecule has 1 atom stereocenters. The van der Waals surface area contributed by atoms with Crippen molar-refractivity contribution in [3.8, 4) is 11.5 Å². The van der Waals surface area contributed by atoms with Gasteiger partial charge in [0.15, 0.2) is 11.5 Å². The number of hydrogen-bond acceptors (Lipinski definition) is 4. The molecule has 0 heterocycles. The molecule has 112 valence electrons. The molecule has 0 aliphatic carbocycles. The van der Waals surface area contributed by atoms with E-state index in [4.69, 9.17) is 15.2 Å². The summed E-state index contributed by atoms with van der Waals surface area (Å²) >= 11 is 1.76. The summed E-state index contributed by atoms with van der Waals surface area (Å²) in [4.78, 5) is 1.24. The van der Waals surface area contributed by atoms with Crippen LogP contribution >= 0.6 is 11.8 Å². The molecule has 0 aromatic heterocycles. The Morgan fingerprint density at radius 2 is 1.81 bits per heavy atom. The number of aryl methyl sites for hydroxylation is 1. The third kappa shape index (κ3) is 4.16. The molecule has 21 heavy (non-hydrogen) atoms. The average molecular weight is 303 g/mol. The van der Waals surface area contributed by atoms with Gasteiger partial charge >= 0.3 is 0 Å². The van der Waals surface area contributed by atoms with Crippen LogP contribution in [0.2, 0.25) is 0 Å². The highest BCUT2D eigenvalue weighted by molar-refractivity contribution is 7.99. The van der Waals surface area contributed by atoms with E-state index in [0.717, 1.165) is 17.1 Å². The number of nitrogens with two attached hydrogens (primary N) is 1. The van der Waals surface area contributed by atoms with Crippen molar-refractivity contribution in [1.82, 2.24) is 0 Å². The zero-order valence-electron chi connectivity index (χ0n) is 12.6. The van der Waals surface area contributed by atoms with Gasteiger partial charge in [0.2, 0.25) is 0 Å². The first-order valence-corrected chi connectivity index (χ1v) is 7.79. The second-order valence-electron chi connectivity index (χ2n) is 4.85. The van der Waals surface area contributed by atoms with Crippen LogP contribution in [-0.4, -0.2) is 20.0 Å². The fourth-order valence-electron chi connectivity index (χ4n) is 2.07. The van der Waals surface area contributed by atoms with E-state index in [1.54, 1.807) is 26.0 Å². The summed E-state index contributed by atoms with van der Waals surface area (Å²) in [5.41, 5.74) is 8.59. The van der Waals surface area contributed by atoms with Crippen LogP contribution in [0.4, 0.5) is 0 Å². The molecule has 1 unspecified atom stereocenters. The Hall–Kier alpha value is -1.65. The molecule has 2 N–H and O–H groups in total. The zero-order chi connectivity index (χ0) is 15.2. The molecular formula is C17H21NO2S. The van der Waals surface area contributed by atoms with Crippen molar-refractivity contribution >= 4 is 11.8 Å². The van der Waals surface area contributed by atoms with E-state index in [9.17, 15) is 0 Å². The normalized spacial score (nSPS) is 12.0. The SMILES string of the molecule is COc1ccc(C(N)CSc2cccc(C)c2)cc1OC. The van der Waals surface area contributed by atoms with Gasteiger partial charge in [-0.3, -0.25) is 0 Å². The van der Waals surface area contributed by atoms with Crippen LogP contribution in [0.25, 0.3) is 0 Å². The molecule has 0 spiro atoms. The quantitative estimate of drug-likeness (QED) is 0.824. The lowest BCUT2D eigenvalue weighted by Crippen LogP contribution is -2.13. The molecule has 2 aromatic carbocycles. The van der Waals surface area contributed by atoms with Crippen molar-refractivity contribution in [2.24, 2.45) is 5.73 Å². The minimum absolute atomic E-state index is 0.0460. The van der Waals surface area contributed by atoms with Gasteiger partial charge in [0.05, 0.1) is 14.2 Å². The van der Waals surface area contributed by atoms with Gasteiger partial charge in [-0.25, -0.2) is 0 Å². The predicted octanol–water partition coefficient (Wildman–Crippen LogP) is 3.80. The van der Waals surface area contributed by atoms with Gasteiger partial charge in [-0.1, -0.05) is 23.8 Å². The molecule has 4 heteroatoms. The average Bonchev–Trinajstić information content (AvgIpc) is 2.52. The molecule has 0 bridgehead atoms. The largest absolute Gasteiger partial charge is 0.493 e. The van der Waals surface area contributed by atoms with Crippen molar-refractivity contribution in [2.45, 2.75) is 17.9 Å². The molecule has 0 saturated carbocycles. The van der Waals surface area contributed by atoms with Crippen molar-refractivity contribution in [2.75, 3.05) is 20.0 Å². The second kappa shape index (κ2) is 7.38. The number of methoxy groups -OCH3 is 2. The third-order valence-electron chi connectivity index (χ3n) is 3.25. The van der Waals surface area contributed by atoms with E-state index in [0.29, 0.717) is 5.75 Å². The van der Waals surface area contributed by atoms with Crippen LogP contribution in [0, 0.1) is 6.92 Å². The van der Waals surface area contributed by atoms with Gasteiger partial charge in [-0.15, -0.1) is 11.8 Å². The van der Waals surface area contributed by atoms with Gasteiger partial charge < -0.3 is 15.2 Å². The Labute approximate surface area is 130 Å². The Morgan fingerprint density at radius 1 is 1.05 bits per heavy atom. The number of ether oxygens (including phenoxy) is 2. The van der Waals surface area contributed by atoms with Gasteiger partial charge in [0, 0.05) is 16.7 Å². The monoisotopic (exact) mass is 303 g/mol. The number of hydrogen-bond donors (Lipinski definition) is 1. The molecule has 0 aliphatic heterocycles. The molecular weight excluding hydrogens is 282 g/mol. The van der Waals surface area contributed by atoms with E-state index in [-0.39, 0.29) is 6.04 Å².